The summed E-state index contributed by atoms with van der Waals surface area (Å²) in [6.07, 6.45) is 0.979. The highest BCUT2D eigenvalue weighted by molar-refractivity contribution is 5.80. The zero-order chi connectivity index (χ0) is 17.3. The van der Waals surface area contributed by atoms with Crippen LogP contribution in [0.15, 0.2) is 59.2 Å². The van der Waals surface area contributed by atoms with Gasteiger partial charge in [0.1, 0.15) is 11.3 Å². The van der Waals surface area contributed by atoms with Crippen molar-refractivity contribution in [1.82, 2.24) is 4.98 Å². The highest BCUT2D eigenvalue weighted by Gasteiger charge is 2.24. The average molecular weight is 321 g/mol. The van der Waals surface area contributed by atoms with E-state index in [1.54, 1.807) is 0 Å². The molecule has 124 valence electrons. The maximum absolute atomic E-state index is 6.02. The molecule has 0 amide bonds. The van der Waals surface area contributed by atoms with Crippen molar-refractivity contribution in [2.75, 3.05) is 0 Å². The lowest BCUT2D eigenvalue weighted by atomic mass is 9.90. The van der Waals surface area contributed by atoms with Gasteiger partial charge in [0, 0.05) is 5.41 Å². The molecule has 3 nitrogen and oxygen atoms in total. The van der Waals surface area contributed by atoms with Gasteiger partial charge < -0.3 is 9.15 Å². The normalized spacial score (nSPS) is 11.7. The van der Waals surface area contributed by atoms with Gasteiger partial charge in [-0.1, -0.05) is 45.5 Å². The standard InChI is InChI=1S/C21H23NO2/c1-6-21(4,5)20-22-18-11-10-16(13-19(18)24-20)15-8-7-9-17(12-15)23-14(2)3/h7-13H,2,6H2,1,3-5H3. The van der Waals surface area contributed by atoms with E-state index in [0.29, 0.717) is 5.76 Å². The van der Waals surface area contributed by atoms with Gasteiger partial charge in [0.2, 0.25) is 5.89 Å². The van der Waals surface area contributed by atoms with Crippen LogP contribution in [0.25, 0.3) is 22.2 Å². The third-order valence-electron chi connectivity index (χ3n) is 4.31. The second kappa shape index (κ2) is 6.16. The van der Waals surface area contributed by atoms with Crippen LogP contribution in [0.1, 0.15) is 40.0 Å². The second-order valence-corrected chi connectivity index (χ2v) is 6.77. The van der Waals surface area contributed by atoms with E-state index in [0.717, 1.165) is 40.3 Å². The first kappa shape index (κ1) is 16.3. The Morgan fingerprint density at radius 1 is 1.17 bits per heavy atom. The first-order valence-electron chi connectivity index (χ1n) is 8.24. The lowest BCUT2D eigenvalue weighted by Crippen LogP contribution is -2.15. The van der Waals surface area contributed by atoms with Crippen LogP contribution in [0.2, 0.25) is 0 Å². The van der Waals surface area contributed by atoms with Crippen LogP contribution >= 0.6 is 0 Å². The number of hydrogen-bond acceptors (Lipinski definition) is 3. The fraction of sp³-hybridized carbons (Fsp3) is 0.286. The van der Waals surface area contributed by atoms with Crippen LogP contribution in [0.5, 0.6) is 5.75 Å². The monoisotopic (exact) mass is 321 g/mol. The molecule has 3 heteroatoms. The number of benzene rings is 2. The molecule has 0 aliphatic carbocycles. The summed E-state index contributed by atoms with van der Waals surface area (Å²) in [7, 11) is 0. The van der Waals surface area contributed by atoms with E-state index in [-0.39, 0.29) is 5.41 Å². The van der Waals surface area contributed by atoms with Crippen molar-refractivity contribution in [2.45, 2.75) is 39.5 Å². The number of fused-ring (bicyclic) bond motifs is 1. The summed E-state index contributed by atoms with van der Waals surface area (Å²) in [5.74, 6) is 2.24. The van der Waals surface area contributed by atoms with Crippen molar-refractivity contribution in [1.29, 1.82) is 0 Å². The van der Waals surface area contributed by atoms with Crippen LogP contribution in [0.3, 0.4) is 0 Å². The quantitative estimate of drug-likeness (QED) is 0.533. The van der Waals surface area contributed by atoms with Gasteiger partial charge in [0.15, 0.2) is 5.58 Å². The highest BCUT2D eigenvalue weighted by atomic mass is 16.5. The van der Waals surface area contributed by atoms with Crippen LogP contribution in [-0.2, 0) is 5.41 Å². The first-order valence-corrected chi connectivity index (χ1v) is 8.24. The van der Waals surface area contributed by atoms with Gasteiger partial charge in [0.05, 0.1) is 5.76 Å². The van der Waals surface area contributed by atoms with Gasteiger partial charge in [-0.25, -0.2) is 4.98 Å². The van der Waals surface area contributed by atoms with Crippen molar-refractivity contribution in [3.05, 3.63) is 60.7 Å². The molecule has 0 aliphatic heterocycles. The summed E-state index contributed by atoms with van der Waals surface area (Å²) >= 11 is 0. The Morgan fingerprint density at radius 2 is 1.92 bits per heavy atom. The number of allylic oxidation sites excluding steroid dienone is 1. The first-order chi connectivity index (χ1) is 11.4. The van der Waals surface area contributed by atoms with Crippen molar-refractivity contribution < 1.29 is 9.15 Å². The SMILES string of the molecule is C=C(C)Oc1cccc(-c2ccc3nc(C(C)(C)CC)oc3c2)c1. The van der Waals surface area contributed by atoms with Crippen molar-refractivity contribution in [3.8, 4) is 16.9 Å². The third kappa shape index (κ3) is 3.21. The number of ether oxygens (including phenoxy) is 1. The Balaban J connectivity index is 2.00. The Morgan fingerprint density at radius 3 is 2.62 bits per heavy atom. The summed E-state index contributed by atoms with van der Waals surface area (Å²) in [4.78, 5) is 4.64. The molecule has 0 spiro atoms. The Hall–Kier alpha value is -2.55. The number of oxazole rings is 1. The van der Waals surface area contributed by atoms with Gasteiger partial charge in [-0.15, -0.1) is 0 Å². The molecule has 0 unspecified atom stereocenters. The third-order valence-corrected chi connectivity index (χ3v) is 4.31. The van der Waals surface area contributed by atoms with E-state index >= 15 is 0 Å². The van der Waals surface area contributed by atoms with Gasteiger partial charge in [-0.3, -0.25) is 0 Å². The molecule has 3 rings (SSSR count). The largest absolute Gasteiger partial charge is 0.463 e. The molecule has 2 aromatic carbocycles. The number of hydrogen-bond donors (Lipinski definition) is 0. The van der Waals surface area contributed by atoms with Crippen molar-refractivity contribution in [2.24, 2.45) is 0 Å². The van der Waals surface area contributed by atoms with E-state index in [9.17, 15) is 0 Å². The Labute approximate surface area is 143 Å². The van der Waals surface area contributed by atoms with E-state index in [4.69, 9.17) is 9.15 Å². The number of aromatic nitrogens is 1. The maximum atomic E-state index is 6.02. The molecule has 0 fully saturated rings. The summed E-state index contributed by atoms with van der Waals surface area (Å²) in [6.45, 7) is 12.1. The fourth-order valence-electron chi connectivity index (χ4n) is 2.49. The molecular weight excluding hydrogens is 298 g/mol. The van der Waals surface area contributed by atoms with Crippen LogP contribution in [0.4, 0.5) is 0 Å². The minimum Gasteiger partial charge on any atom is -0.463 e. The van der Waals surface area contributed by atoms with Crippen LogP contribution < -0.4 is 4.74 Å². The van der Waals surface area contributed by atoms with Gasteiger partial charge in [0.25, 0.3) is 0 Å². The van der Waals surface area contributed by atoms with E-state index in [1.165, 1.54) is 0 Å². The zero-order valence-corrected chi connectivity index (χ0v) is 14.7. The Kier molecular flexibility index (Phi) is 4.18. The van der Waals surface area contributed by atoms with Gasteiger partial charge in [-0.05, 0) is 48.7 Å². The lowest BCUT2D eigenvalue weighted by Gasteiger charge is -2.16. The molecule has 0 aliphatic rings. The van der Waals surface area contributed by atoms with E-state index < -0.39 is 0 Å². The topological polar surface area (TPSA) is 35.3 Å². The van der Waals surface area contributed by atoms with Crippen LogP contribution in [0, 0.1) is 0 Å². The Bertz CT molecular complexity index is 890. The smallest absolute Gasteiger partial charge is 0.201 e. The molecule has 1 aromatic heterocycles. The summed E-state index contributed by atoms with van der Waals surface area (Å²) in [5.41, 5.74) is 3.80. The summed E-state index contributed by atoms with van der Waals surface area (Å²) < 4.78 is 11.6. The number of rotatable bonds is 5. The molecule has 3 aromatic rings. The number of nitrogens with zero attached hydrogens (tertiary/aromatic N) is 1. The molecule has 0 saturated carbocycles. The molecule has 24 heavy (non-hydrogen) atoms. The summed E-state index contributed by atoms with van der Waals surface area (Å²) in [5, 5.41) is 0. The van der Waals surface area contributed by atoms with Gasteiger partial charge >= 0.3 is 0 Å². The van der Waals surface area contributed by atoms with E-state index in [1.807, 2.05) is 37.3 Å². The zero-order valence-electron chi connectivity index (χ0n) is 14.7. The minimum absolute atomic E-state index is 0.0611. The van der Waals surface area contributed by atoms with Crippen molar-refractivity contribution >= 4 is 11.1 Å². The predicted octanol–water partition coefficient (Wildman–Crippen LogP) is 6.09. The molecule has 1 heterocycles. The highest BCUT2D eigenvalue weighted by Crippen LogP contribution is 2.32. The molecule has 0 atom stereocenters. The molecule has 0 N–H and O–H groups in total. The lowest BCUT2D eigenvalue weighted by molar-refractivity contribution is 0.374. The van der Waals surface area contributed by atoms with Crippen molar-refractivity contribution in [3.63, 3.8) is 0 Å². The van der Waals surface area contributed by atoms with E-state index in [2.05, 4.69) is 44.5 Å². The van der Waals surface area contributed by atoms with Gasteiger partial charge in [-0.2, -0.15) is 0 Å². The maximum Gasteiger partial charge on any atom is 0.201 e. The molecule has 0 radical (unpaired) electrons. The fourth-order valence-corrected chi connectivity index (χ4v) is 2.49. The summed E-state index contributed by atoms with van der Waals surface area (Å²) in [6, 6.07) is 14.1. The average Bonchev–Trinajstić information content (AvgIpc) is 2.98. The predicted molar refractivity (Wildman–Crippen MR) is 98.2 cm³/mol. The molecular formula is C21H23NO2. The molecule has 0 bridgehead atoms. The second-order valence-electron chi connectivity index (χ2n) is 6.77. The van der Waals surface area contributed by atoms with Crippen LogP contribution in [-0.4, -0.2) is 4.98 Å². The molecule has 0 saturated heterocycles. The minimum atomic E-state index is -0.0611.